The van der Waals surface area contributed by atoms with Gasteiger partial charge in [0.05, 0.1) is 0 Å². The molecule has 0 radical (unpaired) electrons. The van der Waals surface area contributed by atoms with Crippen molar-refractivity contribution in [3.63, 3.8) is 0 Å². The standard InChI is InChI=1S/C21H26N2O2/c1-13-10-14(2)12-17(11-13)22-19(24)21(5,6)20(25)23-18-15(3)8-7-9-16(18)4/h7-12H,1-6H3,(H,22,24)(H,23,25). The summed E-state index contributed by atoms with van der Waals surface area (Å²) in [5, 5.41) is 5.77. The van der Waals surface area contributed by atoms with E-state index in [2.05, 4.69) is 10.6 Å². The molecule has 2 amide bonds. The summed E-state index contributed by atoms with van der Waals surface area (Å²) in [6.07, 6.45) is 0. The highest BCUT2D eigenvalue weighted by atomic mass is 16.2. The zero-order valence-electron chi connectivity index (χ0n) is 15.8. The van der Waals surface area contributed by atoms with Crippen LogP contribution in [0.25, 0.3) is 0 Å². The minimum absolute atomic E-state index is 0.327. The normalized spacial score (nSPS) is 11.1. The van der Waals surface area contributed by atoms with Crippen LogP contribution in [0.3, 0.4) is 0 Å². The second-order valence-electron chi connectivity index (χ2n) is 7.18. The molecule has 0 aliphatic carbocycles. The van der Waals surface area contributed by atoms with Crippen molar-refractivity contribution in [1.82, 2.24) is 0 Å². The van der Waals surface area contributed by atoms with Crippen LogP contribution in [-0.4, -0.2) is 11.8 Å². The Hall–Kier alpha value is -2.62. The van der Waals surface area contributed by atoms with Gasteiger partial charge in [-0.15, -0.1) is 0 Å². The van der Waals surface area contributed by atoms with Crippen LogP contribution in [0, 0.1) is 33.1 Å². The molecule has 0 spiro atoms. The quantitative estimate of drug-likeness (QED) is 0.805. The molecule has 25 heavy (non-hydrogen) atoms. The Kier molecular flexibility index (Phi) is 5.31. The minimum atomic E-state index is -1.20. The molecule has 4 nitrogen and oxygen atoms in total. The molecule has 0 fully saturated rings. The van der Waals surface area contributed by atoms with E-state index >= 15 is 0 Å². The third-order valence-corrected chi connectivity index (χ3v) is 4.33. The zero-order chi connectivity index (χ0) is 18.8. The van der Waals surface area contributed by atoms with E-state index in [9.17, 15) is 9.59 Å². The first-order valence-electron chi connectivity index (χ1n) is 8.38. The Labute approximate surface area is 149 Å². The van der Waals surface area contributed by atoms with E-state index < -0.39 is 5.41 Å². The van der Waals surface area contributed by atoms with E-state index in [1.165, 1.54) is 0 Å². The lowest BCUT2D eigenvalue weighted by Crippen LogP contribution is -2.41. The average molecular weight is 338 g/mol. The van der Waals surface area contributed by atoms with Crippen molar-refractivity contribution in [3.05, 3.63) is 58.7 Å². The van der Waals surface area contributed by atoms with Crippen molar-refractivity contribution in [2.24, 2.45) is 5.41 Å². The van der Waals surface area contributed by atoms with Crippen molar-refractivity contribution in [3.8, 4) is 0 Å². The largest absolute Gasteiger partial charge is 0.325 e. The topological polar surface area (TPSA) is 58.2 Å². The van der Waals surface area contributed by atoms with Crippen LogP contribution >= 0.6 is 0 Å². The molecule has 0 saturated carbocycles. The molecular weight excluding hydrogens is 312 g/mol. The van der Waals surface area contributed by atoms with E-state index in [4.69, 9.17) is 0 Å². The Balaban J connectivity index is 2.18. The molecule has 0 atom stereocenters. The van der Waals surface area contributed by atoms with Gasteiger partial charge in [0.15, 0.2) is 0 Å². The highest BCUT2D eigenvalue weighted by Crippen LogP contribution is 2.25. The summed E-state index contributed by atoms with van der Waals surface area (Å²) < 4.78 is 0. The van der Waals surface area contributed by atoms with Crippen molar-refractivity contribution < 1.29 is 9.59 Å². The van der Waals surface area contributed by atoms with E-state index in [1.807, 2.05) is 64.1 Å². The second kappa shape index (κ2) is 7.09. The van der Waals surface area contributed by atoms with Gasteiger partial charge >= 0.3 is 0 Å². The fraction of sp³-hybridized carbons (Fsp3) is 0.333. The lowest BCUT2D eigenvalue weighted by Gasteiger charge is -2.24. The van der Waals surface area contributed by atoms with Crippen molar-refractivity contribution in [1.29, 1.82) is 0 Å². The molecule has 2 aromatic carbocycles. The van der Waals surface area contributed by atoms with Crippen molar-refractivity contribution in [2.45, 2.75) is 41.5 Å². The molecule has 2 N–H and O–H groups in total. The van der Waals surface area contributed by atoms with Crippen molar-refractivity contribution in [2.75, 3.05) is 10.6 Å². The number of anilines is 2. The summed E-state index contributed by atoms with van der Waals surface area (Å²) in [5.74, 6) is -0.659. The van der Waals surface area contributed by atoms with Gasteiger partial charge in [0, 0.05) is 11.4 Å². The molecule has 0 saturated heterocycles. The summed E-state index contributed by atoms with van der Waals surface area (Å²) in [6.45, 7) is 11.1. The van der Waals surface area contributed by atoms with Gasteiger partial charge < -0.3 is 10.6 Å². The molecule has 0 aliphatic heterocycles. The van der Waals surface area contributed by atoms with Gasteiger partial charge in [-0.3, -0.25) is 9.59 Å². The Morgan fingerprint density at radius 2 is 1.28 bits per heavy atom. The summed E-state index contributed by atoms with van der Waals surface area (Å²) in [7, 11) is 0. The predicted molar refractivity (Wildman–Crippen MR) is 103 cm³/mol. The van der Waals surface area contributed by atoms with Crippen LogP contribution in [0.15, 0.2) is 36.4 Å². The number of nitrogens with one attached hydrogen (secondary N) is 2. The highest BCUT2D eigenvalue weighted by Gasteiger charge is 2.36. The van der Waals surface area contributed by atoms with Gasteiger partial charge in [0.25, 0.3) is 0 Å². The Bertz CT molecular complexity index is 782. The molecular formula is C21H26N2O2. The van der Waals surface area contributed by atoms with E-state index in [0.717, 1.165) is 27.9 Å². The molecule has 0 bridgehead atoms. The smallest absolute Gasteiger partial charge is 0.239 e. The third kappa shape index (κ3) is 4.27. The number of hydrogen-bond donors (Lipinski definition) is 2. The predicted octanol–water partition coefficient (Wildman–Crippen LogP) is 4.52. The van der Waals surface area contributed by atoms with Crippen LogP contribution in [0.5, 0.6) is 0 Å². The van der Waals surface area contributed by atoms with E-state index in [0.29, 0.717) is 5.69 Å². The molecule has 2 rings (SSSR count). The maximum Gasteiger partial charge on any atom is 0.239 e. The molecule has 2 aromatic rings. The van der Waals surface area contributed by atoms with Gasteiger partial charge in [-0.05, 0) is 75.9 Å². The summed E-state index contributed by atoms with van der Waals surface area (Å²) in [4.78, 5) is 25.4. The third-order valence-electron chi connectivity index (χ3n) is 4.33. The monoisotopic (exact) mass is 338 g/mol. The second-order valence-corrected chi connectivity index (χ2v) is 7.18. The molecule has 4 heteroatoms. The number of hydrogen-bond acceptors (Lipinski definition) is 2. The first kappa shape index (κ1) is 18.7. The number of carbonyl (C=O) groups is 2. The minimum Gasteiger partial charge on any atom is -0.325 e. The number of benzene rings is 2. The summed E-state index contributed by atoms with van der Waals surface area (Å²) >= 11 is 0. The van der Waals surface area contributed by atoms with Crippen LogP contribution in [0.1, 0.15) is 36.1 Å². The first-order chi connectivity index (χ1) is 11.6. The lowest BCUT2D eigenvalue weighted by atomic mass is 9.90. The number of carbonyl (C=O) groups excluding carboxylic acids is 2. The molecule has 0 heterocycles. The van der Waals surface area contributed by atoms with E-state index in [-0.39, 0.29) is 11.8 Å². The molecule has 0 unspecified atom stereocenters. The fourth-order valence-electron chi connectivity index (χ4n) is 2.72. The van der Waals surface area contributed by atoms with Gasteiger partial charge in [-0.1, -0.05) is 24.3 Å². The highest BCUT2D eigenvalue weighted by molar-refractivity contribution is 6.14. The van der Waals surface area contributed by atoms with Gasteiger partial charge in [0.1, 0.15) is 5.41 Å². The zero-order valence-corrected chi connectivity index (χ0v) is 15.8. The Morgan fingerprint density at radius 1 is 0.800 bits per heavy atom. The average Bonchev–Trinajstić information content (AvgIpc) is 2.49. The van der Waals surface area contributed by atoms with E-state index in [1.54, 1.807) is 13.8 Å². The maximum atomic E-state index is 12.7. The van der Waals surface area contributed by atoms with Gasteiger partial charge in [-0.25, -0.2) is 0 Å². The summed E-state index contributed by atoms with van der Waals surface area (Å²) in [5.41, 5.74) is 4.33. The number of rotatable bonds is 4. The SMILES string of the molecule is Cc1cc(C)cc(NC(=O)C(C)(C)C(=O)Nc2c(C)cccc2C)c1. The fourth-order valence-corrected chi connectivity index (χ4v) is 2.72. The molecule has 0 aromatic heterocycles. The van der Waals surface area contributed by atoms with Crippen LogP contribution in [0.4, 0.5) is 11.4 Å². The van der Waals surface area contributed by atoms with Crippen LogP contribution in [0.2, 0.25) is 0 Å². The van der Waals surface area contributed by atoms with Gasteiger partial charge in [0.2, 0.25) is 11.8 Å². The maximum absolute atomic E-state index is 12.7. The summed E-state index contributed by atoms with van der Waals surface area (Å²) in [6, 6.07) is 11.6. The number of aryl methyl sites for hydroxylation is 4. The number of amides is 2. The van der Waals surface area contributed by atoms with Crippen LogP contribution < -0.4 is 10.6 Å². The van der Waals surface area contributed by atoms with Gasteiger partial charge in [-0.2, -0.15) is 0 Å². The lowest BCUT2D eigenvalue weighted by molar-refractivity contribution is -0.135. The Morgan fingerprint density at radius 3 is 1.80 bits per heavy atom. The van der Waals surface area contributed by atoms with Crippen molar-refractivity contribution >= 4 is 23.2 Å². The molecule has 132 valence electrons. The van der Waals surface area contributed by atoms with Crippen LogP contribution in [-0.2, 0) is 9.59 Å². The number of para-hydroxylation sites is 1. The molecule has 0 aliphatic rings. The first-order valence-corrected chi connectivity index (χ1v) is 8.38.